The fourth-order valence-corrected chi connectivity index (χ4v) is 2.31. The van der Waals surface area contributed by atoms with Gasteiger partial charge in [-0.25, -0.2) is 18.2 Å². The smallest absolute Gasteiger partial charge is 0.161 e. The quantitative estimate of drug-likeness (QED) is 0.856. The summed E-state index contributed by atoms with van der Waals surface area (Å²) in [6.07, 6.45) is 1.57. The molecule has 0 radical (unpaired) electrons. The molecule has 2 rings (SSSR count). The second-order valence-corrected chi connectivity index (χ2v) is 4.31. The van der Waals surface area contributed by atoms with E-state index in [1.807, 2.05) is 0 Å². The van der Waals surface area contributed by atoms with E-state index in [2.05, 4.69) is 10.3 Å². The van der Waals surface area contributed by atoms with Crippen LogP contribution in [0.25, 0.3) is 0 Å². The Kier molecular flexibility index (Phi) is 3.44. The molecule has 1 heterocycles. The van der Waals surface area contributed by atoms with Crippen molar-refractivity contribution in [2.75, 3.05) is 7.05 Å². The van der Waals surface area contributed by atoms with Crippen molar-refractivity contribution in [1.82, 2.24) is 10.3 Å². The maximum absolute atomic E-state index is 13.6. The first-order chi connectivity index (χ1) is 8.13. The molecule has 1 aromatic heterocycles. The van der Waals surface area contributed by atoms with E-state index in [0.29, 0.717) is 11.1 Å². The lowest BCUT2D eigenvalue weighted by Crippen LogP contribution is -2.19. The van der Waals surface area contributed by atoms with Gasteiger partial charge in [0.2, 0.25) is 0 Å². The van der Waals surface area contributed by atoms with Crippen LogP contribution in [0.1, 0.15) is 16.6 Å². The zero-order valence-electron chi connectivity index (χ0n) is 8.88. The van der Waals surface area contributed by atoms with Crippen molar-refractivity contribution in [2.24, 2.45) is 0 Å². The van der Waals surface area contributed by atoms with Gasteiger partial charge in [0.25, 0.3) is 0 Å². The van der Waals surface area contributed by atoms with Crippen LogP contribution in [0.3, 0.4) is 0 Å². The predicted octanol–water partition coefficient (Wildman–Crippen LogP) is 2.87. The van der Waals surface area contributed by atoms with Crippen LogP contribution in [0.5, 0.6) is 0 Å². The summed E-state index contributed by atoms with van der Waals surface area (Å²) in [5, 5.41) is 5.16. The molecule has 17 heavy (non-hydrogen) atoms. The number of nitrogens with one attached hydrogen (secondary N) is 1. The van der Waals surface area contributed by atoms with Gasteiger partial charge in [-0.2, -0.15) is 0 Å². The van der Waals surface area contributed by atoms with E-state index in [4.69, 9.17) is 0 Å². The van der Waals surface area contributed by atoms with Crippen LogP contribution >= 0.6 is 11.3 Å². The van der Waals surface area contributed by atoms with Gasteiger partial charge >= 0.3 is 0 Å². The van der Waals surface area contributed by atoms with Crippen LogP contribution in [0.4, 0.5) is 13.2 Å². The zero-order chi connectivity index (χ0) is 12.4. The zero-order valence-corrected chi connectivity index (χ0v) is 9.69. The van der Waals surface area contributed by atoms with E-state index in [1.54, 1.807) is 18.6 Å². The number of hydrogen-bond acceptors (Lipinski definition) is 3. The van der Waals surface area contributed by atoms with Gasteiger partial charge in [0.05, 0.1) is 6.04 Å². The molecule has 0 aliphatic heterocycles. The Morgan fingerprint density at radius 3 is 2.47 bits per heavy atom. The van der Waals surface area contributed by atoms with E-state index < -0.39 is 23.5 Å². The van der Waals surface area contributed by atoms with Crippen LogP contribution in [-0.2, 0) is 0 Å². The van der Waals surface area contributed by atoms with Gasteiger partial charge in [-0.1, -0.05) is 0 Å². The Balaban J connectivity index is 2.48. The van der Waals surface area contributed by atoms with Gasteiger partial charge in [-0.05, 0) is 13.1 Å². The standard InChI is InChI=1S/C11H9F3N2S/c1-15-10(11-16-2-3-17-11)6-4-8(13)9(14)5-7(6)12/h2-5,10,15H,1H3. The van der Waals surface area contributed by atoms with E-state index in [-0.39, 0.29) is 5.56 Å². The molecule has 0 aliphatic rings. The van der Waals surface area contributed by atoms with Crippen LogP contribution < -0.4 is 5.32 Å². The summed E-state index contributed by atoms with van der Waals surface area (Å²) in [7, 11) is 1.60. The Morgan fingerprint density at radius 2 is 1.88 bits per heavy atom. The molecule has 1 N–H and O–H groups in total. The lowest BCUT2D eigenvalue weighted by molar-refractivity contribution is 0.483. The van der Waals surface area contributed by atoms with Gasteiger partial charge < -0.3 is 5.32 Å². The summed E-state index contributed by atoms with van der Waals surface area (Å²) in [5.74, 6) is -3.06. The van der Waals surface area contributed by atoms with Crippen molar-refractivity contribution in [3.63, 3.8) is 0 Å². The number of rotatable bonds is 3. The topological polar surface area (TPSA) is 24.9 Å². The van der Waals surface area contributed by atoms with Gasteiger partial charge in [-0.15, -0.1) is 11.3 Å². The summed E-state index contributed by atoms with van der Waals surface area (Å²) in [6, 6.07) is 0.820. The van der Waals surface area contributed by atoms with Crippen molar-refractivity contribution in [2.45, 2.75) is 6.04 Å². The first kappa shape index (κ1) is 12.1. The van der Waals surface area contributed by atoms with Crippen molar-refractivity contribution in [1.29, 1.82) is 0 Å². The summed E-state index contributed by atoms with van der Waals surface area (Å²) < 4.78 is 39.5. The summed E-state index contributed by atoms with van der Waals surface area (Å²) in [6.45, 7) is 0. The van der Waals surface area contributed by atoms with Crippen LogP contribution in [0.2, 0.25) is 0 Å². The van der Waals surface area contributed by atoms with Crippen molar-refractivity contribution < 1.29 is 13.2 Å². The fraction of sp³-hybridized carbons (Fsp3) is 0.182. The molecule has 0 saturated heterocycles. The Bertz CT molecular complexity index is 514. The molecule has 0 spiro atoms. The van der Waals surface area contributed by atoms with Crippen molar-refractivity contribution in [3.05, 3.63) is 51.7 Å². The minimum absolute atomic E-state index is 0.0429. The molecule has 0 bridgehead atoms. The van der Waals surface area contributed by atoms with Crippen molar-refractivity contribution in [3.8, 4) is 0 Å². The lowest BCUT2D eigenvalue weighted by Gasteiger charge is -2.15. The molecule has 2 nitrogen and oxygen atoms in total. The lowest BCUT2D eigenvalue weighted by atomic mass is 10.1. The Labute approximate surface area is 100 Å². The molecule has 90 valence electrons. The van der Waals surface area contributed by atoms with Gasteiger partial charge in [-0.3, -0.25) is 0 Å². The molecule has 0 amide bonds. The summed E-state index contributed by atoms with van der Waals surface area (Å²) in [5.41, 5.74) is 0.0429. The third kappa shape index (κ3) is 2.32. The maximum atomic E-state index is 13.6. The number of hydrogen-bond donors (Lipinski definition) is 1. The van der Waals surface area contributed by atoms with Crippen LogP contribution in [0, 0.1) is 17.5 Å². The van der Waals surface area contributed by atoms with Crippen molar-refractivity contribution >= 4 is 11.3 Å². The molecule has 1 atom stereocenters. The second kappa shape index (κ2) is 4.85. The molecular formula is C11H9F3N2S. The summed E-state index contributed by atoms with van der Waals surface area (Å²) in [4.78, 5) is 4.03. The molecule has 1 unspecified atom stereocenters. The molecule has 0 fully saturated rings. The van der Waals surface area contributed by atoms with Gasteiger partial charge in [0.1, 0.15) is 10.8 Å². The average molecular weight is 258 g/mol. The Hall–Kier alpha value is -1.40. The minimum Gasteiger partial charge on any atom is -0.307 e. The number of nitrogens with zero attached hydrogens (tertiary/aromatic N) is 1. The number of halogens is 3. The van der Waals surface area contributed by atoms with Crippen LogP contribution in [-0.4, -0.2) is 12.0 Å². The third-order valence-electron chi connectivity index (χ3n) is 2.34. The number of thiazole rings is 1. The summed E-state index contributed by atoms with van der Waals surface area (Å²) >= 11 is 1.31. The molecule has 2 aromatic rings. The average Bonchev–Trinajstić information content (AvgIpc) is 2.80. The first-order valence-corrected chi connectivity index (χ1v) is 5.72. The van der Waals surface area contributed by atoms with Gasteiger partial charge in [0.15, 0.2) is 11.6 Å². The highest BCUT2D eigenvalue weighted by Crippen LogP contribution is 2.27. The predicted molar refractivity (Wildman–Crippen MR) is 59.3 cm³/mol. The molecular weight excluding hydrogens is 249 g/mol. The third-order valence-corrected chi connectivity index (χ3v) is 3.18. The number of benzene rings is 1. The monoisotopic (exact) mass is 258 g/mol. The molecule has 0 saturated carbocycles. The van der Waals surface area contributed by atoms with E-state index in [9.17, 15) is 13.2 Å². The highest BCUT2D eigenvalue weighted by Gasteiger charge is 2.20. The normalized spacial score (nSPS) is 12.7. The Morgan fingerprint density at radius 1 is 1.18 bits per heavy atom. The largest absolute Gasteiger partial charge is 0.307 e. The highest BCUT2D eigenvalue weighted by atomic mass is 32.1. The number of aromatic nitrogens is 1. The minimum atomic E-state index is -1.19. The highest BCUT2D eigenvalue weighted by molar-refractivity contribution is 7.09. The maximum Gasteiger partial charge on any atom is 0.161 e. The van der Waals surface area contributed by atoms with E-state index >= 15 is 0 Å². The van der Waals surface area contributed by atoms with Gasteiger partial charge in [0, 0.05) is 23.2 Å². The molecule has 1 aromatic carbocycles. The molecule has 6 heteroatoms. The van der Waals surface area contributed by atoms with E-state index in [0.717, 1.165) is 6.07 Å². The van der Waals surface area contributed by atoms with E-state index in [1.165, 1.54) is 11.3 Å². The SMILES string of the molecule is CNC(c1nccs1)c1cc(F)c(F)cc1F. The second-order valence-electron chi connectivity index (χ2n) is 3.38. The van der Waals surface area contributed by atoms with Crippen LogP contribution in [0.15, 0.2) is 23.7 Å². The first-order valence-electron chi connectivity index (χ1n) is 4.84. The fourth-order valence-electron chi connectivity index (χ4n) is 1.55. The molecule has 0 aliphatic carbocycles.